The SMILES string of the molecule is Cn1ncc(COc2cccnc2)c1N. The van der Waals surface area contributed by atoms with E-state index in [4.69, 9.17) is 10.5 Å². The van der Waals surface area contributed by atoms with Crippen LogP contribution in [0.3, 0.4) is 0 Å². The third kappa shape index (κ3) is 2.07. The molecule has 0 saturated carbocycles. The summed E-state index contributed by atoms with van der Waals surface area (Å²) in [5, 5.41) is 4.02. The molecule has 0 aromatic carbocycles. The molecule has 0 atom stereocenters. The van der Waals surface area contributed by atoms with Gasteiger partial charge in [0.2, 0.25) is 0 Å². The second-order valence-electron chi connectivity index (χ2n) is 3.16. The number of pyridine rings is 1. The number of nitrogen functional groups attached to an aromatic ring is 1. The molecule has 0 radical (unpaired) electrons. The molecule has 0 amide bonds. The molecular weight excluding hydrogens is 192 g/mol. The van der Waals surface area contributed by atoms with Gasteiger partial charge in [0.15, 0.2) is 0 Å². The van der Waals surface area contributed by atoms with E-state index in [0.717, 1.165) is 11.3 Å². The van der Waals surface area contributed by atoms with Crippen molar-refractivity contribution >= 4 is 5.82 Å². The number of rotatable bonds is 3. The van der Waals surface area contributed by atoms with Crippen molar-refractivity contribution in [2.75, 3.05) is 5.73 Å². The van der Waals surface area contributed by atoms with E-state index in [2.05, 4.69) is 10.1 Å². The summed E-state index contributed by atoms with van der Waals surface area (Å²) in [6, 6.07) is 3.67. The molecule has 2 rings (SSSR count). The van der Waals surface area contributed by atoms with Crippen LogP contribution >= 0.6 is 0 Å². The van der Waals surface area contributed by atoms with E-state index in [-0.39, 0.29) is 0 Å². The van der Waals surface area contributed by atoms with Crippen molar-refractivity contribution in [2.45, 2.75) is 6.61 Å². The zero-order valence-corrected chi connectivity index (χ0v) is 8.42. The average Bonchev–Trinajstić information content (AvgIpc) is 2.59. The van der Waals surface area contributed by atoms with Crippen LogP contribution in [0.25, 0.3) is 0 Å². The Morgan fingerprint density at radius 3 is 2.93 bits per heavy atom. The number of nitrogens with zero attached hydrogens (tertiary/aromatic N) is 3. The molecule has 0 bridgehead atoms. The molecule has 2 aromatic heterocycles. The minimum atomic E-state index is 0.408. The van der Waals surface area contributed by atoms with Crippen LogP contribution < -0.4 is 10.5 Å². The van der Waals surface area contributed by atoms with Gasteiger partial charge >= 0.3 is 0 Å². The van der Waals surface area contributed by atoms with Gasteiger partial charge in [-0.3, -0.25) is 9.67 Å². The Hall–Kier alpha value is -2.04. The van der Waals surface area contributed by atoms with Gasteiger partial charge in [0, 0.05) is 13.2 Å². The molecule has 5 nitrogen and oxygen atoms in total. The molecule has 2 aromatic rings. The summed E-state index contributed by atoms with van der Waals surface area (Å²) < 4.78 is 7.10. The Morgan fingerprint density at radius 2 is 2.33 bits per heavy atom. The number of ether oxygens (including phenoxy) is 1. The Labute approximate surface area is 87.5 Å². The Bertz CT molecular complexity index is 438. The van der Waals surface area contributed by atoms with Crippen molar-refractivity contribution < 1.29 is 4.74 Å². The van der Waals surface area contributed by atoms with Crippen LogP contribution in [0.5, 0.6) is 5.75 Å². The number of anilines is 1. The van der Waals surface area contributed by atoms with Crippen LogP contribution in [-0.4, -0.2) is 14.8 Å². The summed E-state index contributed by atoms with van der Waals surface area (Å²) >= 11 is 0. The highest BCUT2D eigenvalue weighted by Crippen LogP contribution is 2.13. The number of hydrogen-bond acceptors (Lipinski definition) is 4. The summed E-state index contributed by atoms with van der Waals surface area (Å²) in [7, 11) is 1.79. The minimum absolute atomic E-state index is 0.408. The van der Waals surface area contributed by atoms with Crippen molar-refractivity contribution in [2.24, 2.45) is 7.05 Å². The van der Waals surface area contributed by atoms with Gasteiger partial charge in [-0.1, -0.05) is 0 Å². The van der Waals surface area contributed by atoms with Crippen molar-refractivity contribution in [1.29, 1.82) is 0 Å². The van der Waals surface area contributed by atoms with E-state index in [1.54, 1.807) is 30.3 Å². The first-order valence-corrected chi connectivity index (χ1v) is 4.56. The zero-order chi connectivity index (χ0) is 10.7. The van der Waals surface area contributed by atoms with Crippen molar-refractivity contribution in [3.63, 3.8) is 0 Å². The number of hydrogen-bond donors (Lipinski definition) is 1. The van der Waals surface area contributed by atoms with Gasteiger partial charge in [-0.15, -0.1) is 0 Å². The summed E-state index contributed by atoms with van der Waals surface area (Å²) in [5.41, 5.74) is 6.65. The van der Waals surface area contributed by atoms with Crippen LogP contribution in [-0.2, 0) is 13.7 Å². The molecule has 0 fully saturated rings. The molecule has 0 spiro atoms. The Morgan fingerprint density at radius 1 is 1.47 bits per heavy atom. The van der Waals surface area contributed by atoms with E-state index < -0.39 is 0 Å². The molecule has 5 heteroatoms. The first-order chi connectivity index (χ1) is 7.27. The van der Waals surface area contributed by atoms with Crippen molar-refractivity contribution in [3.05, 3.63) is 36.3 Å². The second-order valence-corrected chi connectivity index (χ2v) is 3.16. The third-order valence-electron chi connectivity index (χ3n) is 2.09. The maximum absolute atomic E-state index is 5.77. The zero-order valence-electron chi connectivity index (χ0n) is 8.42. The summed E-state index contributed by atoms with van der Waals surface area (Å²) in [6.07, 6.45) is 5.06. The molecule has 0 aliphatic rings. The fourth-order valence-electron chi connectivity index (χ4n) is 1.20. The maximum atomic E-state index is 5.77. The highest BCUT2D eigenvalue weighted by atomic mass is 16.5. The van der Waals surface area contributed by atoms with E-state index in [1.807, 2.05) is 12.1 Å². The highest BCUT2D eigenvalue weighted by molar-refractivity contribution is 5.38. The normalized spacial score (nSPS) is 10.2. The molecule has 2 N–H and O–H groups in total. The van der Waals surface area contributed by atoms with Crippen molar-refractivity contribution in [1.82, 2.24) is 14.8 Å². The van der Waals surface area contributed by atoms with E-state index in [9.17, 15) is 0 Å². The van der Waals surface area contributed by atoms with E-state index in [1.165, 1.54) is 0 Å². The molecule has 15 heavy (non-hydrogen) atoms. The van der Waals surface area contributed by atoms with Gasteiger partial charge in [0.1, 0.15) is 18.2 Å². The summed E-state index contributed by atoms with van der Waals surface area (Å²) in [5.74, 6) is 1.35. The summed E-state index contributed by atoms with van der Waals surface area (Å²) in [6.45, 7) is 0.408. The molecule has 2 heterocycles. The van der Waals surface area contributed by atoms with E-state index in [0.29, 0.717) is 12.4 Å². The lowest BCUT2D eigenvalue weighted by Gasteiger charge is -2.04. The molecule has 0 saturated heterocycles. The fraction of sp³-hybridized carbons (Fsp3) is 0.200. The lowest BCUT2D eigenvalue weighted by atomic mass is 10.3. The summed E-state index contributed by atoms with van der Waals surface area (Å²) in [4.78, 5) is 3.95. The maximum Gasteiger partial charge on any atom is 0.138 e. The monoisotopic (exact) mass is 204 g/mol. The van der Waals surface area contributed by atoms with Crippen molar-refractivity contribution in [3.8, 4) is 5.75 Å². The second kappa shape index (κ2) is 4.00. The lowest BCUT2D eigenvalue weighted by Crippen LogP contribution is -2.02. The Balaban J connectivity index is 2.02. The van der Waals surface area contributed by atoms with Gasteiger partial charge in [0.05, 0.1) is 18.0 Å². The Kier molecular flexibility index (Phi) is 2.53. The largest absolute Gasteiger partial charge is 0.487 e. The smallest absolute Gasteiger partial charge is 0.138 e. The predicted molar refractivity (Wildman–Crippen MR) is 56.2 cm³/mol. The number of aromatic nitrogens is 3. The topological polar surface area (TPSA) is 66.0 Å². The van der Waals surface area contributed by atoms with Crippen LogP contribution in [0.2, 0.25) is 0 Å². The van der Waals surface area contributed by atoms with Gasteiger partial charge in [-0.2, -0.15) is 5.10 Å². The van der Waals surface area contributed by atoms with Gasteiger partial charge in [-0.25, -0.2) is 0 Å². The average molecular weight is 204 g/mol. The number of aryl methyl sites for hydroxylation is 1. The standard InChI is InChI=1S/C10H12N4O/c1-14-10(11)8(5-13-14)7-15-9-3-2-4-12-6-9/h2-6H,7,11H2,1H3. The van der Waals surface area contributed by atoms with Gasteiger partial charge < -0.3 is 10.5 Å². The van der Waals surface area contributed by atoms with Crippen LogP contribution in [0.15, 0.2) is 30.7 Å². The first-order valence-electron chi connectivity index (χ1n) is 4.56. The minimum Gasteiger partial charge on any atom is -0.487 e. The number of nitrogens with two attached hydrogens (primary N) is 1. The van der Waals surface area contributed by atoms with Gasteiger partial charge in [0.25, 0.3) is 0 Å². The van der Waals surface area contributed by atoms with E-state index >= 15 is 0 Å². The fourth-order valence-corrected chi connectivity index (χ4v) is 1.20. The lowest BCUT2D eigenvalue weighted by molar-refractivity contribution is 0.305. The first kappa shape index (κ1) is 9.51. The molecule has 78 valence electrons. The van der Waals surface area contributed by atoms with Crippen LogP contribution in [0.1, 0.15) is 5.56 Å². The van der Waals surface area contributed by atoms with Gasteiger partial charge in [-0.05, 0) is 12.1 Å². The highest BCUT2D eigenvalue weighted by Gasteiger charge is 2.04. The molecule has 0 aliphatic carbocycles. The predicted octanol–water partition coefficient (Wildman–Crippen LogP) is 0.976. The molecule has 0 aliphatic heterocycles. The molecular formula is C10H12N4O. The molecule has 0 unspecified atom stereocenters. The van der Waals surface area contributed by atoms with Crippen LogP contribution in [0.4, 0.5) is 5.82 Å². The third-order valence-corrected chi connectivity index (χ3v) is 2.09. The quantitative estimate of drug-likeness (QED) is 0.809. The van der Waals surface area contributed by atoms with Crippen LogP contribution in [0, 0.1) is 0 Å².